The second-order valence-electron chi connectivity index (χ2n) is 7.51. The van der Waals surface area contributed by atoms with Crippen LogP contribution in [0.2, 0.25) is 5.02 Å². The highest BCUT2D eigenvalue weighted by atomic mass is 35.5. The van der Waals surface area contributed by atoms with Crippen molar-refractivity contribution >= 4 is 34.2 Å². The molecule has 0 radical (unpaired) electrons. The van der Waals surface area contributed by atoms with Gasteiger partial charge >= 0.3 is 6.18 Å². The summed E-state index contributed by atoms with van der Waals surface area (Å²) in [5, 5.41) is 7.80. The fraction of sp³-hybridized carbons (Fsp3) is 0.381. The van der Waals surface area contributed by atoms with Crippen molar-refractivity contribution in [1.29, 1.82) is 0 Å². The van der Waals surface area contributed by atoms with Crippen molar-refractivity contribution in [2.24, 2.45) is 0 Å². The molecule has 1 amide bonds. The predicted octanol–water partition coefficient (Wildman–Crippen LogP) is 5.01. The summed E-state index contributed by atoms with van der Waals surface area (Å²) >= 11 is 6.47. The molecule has 0 aliphatic carbocycles. The number of fused-ring (bicyclic) bond motifs is 1. The Hall–Kier alpha value is -2.65. The lowest BCUT2D eigenvalue weighted by Gasteiger charge is -2.31. The van der Waals surface area contributed by atoms with Gasteiger partial charge in [-0.1, -0.05) is 18.5 Å². The van der Waals surface area contributed by atoms with E-state index in [4.69, 9.17) is 11.6 Å². The summed E-state index contributed by atoms with van der Waals surface area (Å²) in [4.78, 5) is 19.4. The first-order valence-corrected chi connectivity index (χ1v) is 10.4. The number of halogens is 4. The summed E-state index contributed by atoms with van der Waals surface area (Å²) in [5.41, 5.74) is 0.191. The Balaban J connectivity index is 1.54. The van der Waals surface area contributed by atoms with E-state index in [-0.39, 0.29) is 22.3 Å². The molecule has 3 aromatic rings. The van der Waals surface area contributed by atoms with E-state index in [1.54, 1.807) is 6.20 Å². The number of likely N-dealkylation sites (tertiary alicyclic amines) is 1. The lowest BCUT2D eigenvalue weighted by Crippen LogP contribution is -2.34. The Kier molecular flexibility index (Phi) is 5.90. The summed E-state index contributed by atoms with van der Waals surface area (Å²) < 4.78 is 40.0. The van der Waals surface area contributed by atoms with E-state index in [1.807, 2.05) is 4.68 Å². The van der Waals surface area contributed by atoms with E-state index in [1.165, 1.54) is 18.3 Å². The second kappa shape index (κ2) is 8.47. The molecule has 164 valence electrons. The van der Waals surface area contributed by atoms with Crippen LogP contribution in [-0.4, -0.2) is 45.2 Å². The van der Waals surface area contributed by atoms with Gasteiger partial charge in [0.15, 0.2) is 5.65 Å². The number of piperidine rings is 1. The lowest BCUT2D eigenvalue weighted by atomic mass is 10.1. The van der Waals surface area contributed by atoms with Gasteiger partial charge in [0, 0.05) is 25.0 Å². The number of benzene rings is 1. The minimum atomic E-state index is -4.44. The number of hydrogen-bond acceptors (Lipinski definition) is 4. The fourth-order valence-corrected chi connectivity index (χ4v) is 4.08. The number of nitrogens with zero attached hydrogens (tertiary/aromatic N) is 4. The maximum atomic E-state index is 12.7. The molecule has 0 unspecified atom stereocenters. The van der Waals surface area contributed by atoms with Crippen LogP contribution in [0, 0.1) is 0 Å². The number of carbonyl (C=O) groups is 1. The van der Waals surface area contributed by atoms with Crippen LogP contribution < -0.4 is 5.32 Å². The summed E-state index contributed by atoms with van der Waals surface area (Å²) in [6.07, 6.45) is 0.462. The molecule has 31 heavy (non-hydrogen) atoms. The van der Waals surface area contributed by atoms with Crippen molar-refractivity contribution in [3.8, 4) is 0 Å². The van der Waals surface area contributed by atoms with Gasteiger partial charge in [-0.25, -0.2) is 9.67 Å². The van der Waals surface area contributed by atoms with E-state index in [0.29, 0.717) is 11.0 Å². The van der Waals surface area contributed by atoms with Crippen LogP contribution in [0.1, 0.15) is 41.7 Å². The van der Waals surface area contributed by atoms with E-state index in [2.05, 4.69) is 27.2 Å². The van der Waals surface area contributed by atoms with Gasteiger partial charge in [0.1, 0.15) is 0 Å². The van der Waals surface area contributed by atoms with Crippen molar-refractivity contribution in [2.45, 2.75) is 32.0 Å². The van der Waals surface area contributed by atoms with Gasteiger partial charge in [-0.3, -0.25) is 4.79 Å². The lowest BCUT2D eigenvalue weighted by molar-refractivity contribution is -0.137. The molecule has 0 bridgehead atoms. The first-order chi connectivity index (χ1) is 14.8. The van der Waals surface area contributed by atoms with Crippen molar-refractivity contribution in [1.82, 2.24) is 19.7 Å². The van der Waals surface area contributed by atoms with E-state index < -0.39 is 17.6 Å². The number of aromatic nitrogens is 3. The van der Waals surface area contributed by atoms with Crippen molar-refractivity contribution in [2.75, 3.05) is 25.0 Å². The number of anilines is 1. The first kappa shape index (κ1) is 21.6. The highest BCUT2D eigenvalue weighted by Crippen LogP contribution is 2.32. The average molecular weight is 452 g/mol. The molecule has 1 saturated heterocycles. The van der Waals surface area contributed by atoms with Gasteiger partial charge in [-0.05, 0) is 43.7 Å². The number of pyridine rings is 1. The molecule has 3 heterocycles. The number of alkyl halides is 3. The van der Waals surface area contributed by atoms with Crippen molar-refractivity contribution in [3.05, 3.63) is 52.8 Å². The van der Waals surface area contributed by atoms with Crippen molar-refractivity contribution < 1.29 is 18.0 Å². The third-order valence-corrected chi connectivity index (χ3v) is 6.03. The summed E-state index contributed by atoms with van der Waals surface area (Å²) in [6.45, 7) is 5.14. The molecular weight excluding hydrogens is 431 g/mol. The fourth-order valence-electron chi connectivity index (χ4n) is 3.81. The molecule has 2 aromatic heterocycles. The normalized spacial score (nSPS) is 16.0. The molecule has 1 N–H and O–H groups in total. The first-order valence-electron chi connectivity index (χ1n) is 10.0. The predicted molar refractivity (Wildman–Crippen MR) is 112 cm³/mol. The van der Waals surface area contributed by atoms with E-state index in [0.717, 1.165) is 44.6 Å². The standard InChI is InChI=1S/C21H21ClF3N5O/c1-2-29-9-7-15(8-10-29)30-19-16(12-27-30)18(22)17(11-26-19)20(31)28-14-5-3-13(4-6-14)21(23,24)25/h3-6,11-12,15H,2,7-10H2,1H3,(H,28,31). The van der Waals surface area contributed by atoms with Crippen molar-refractivity contribution in [3.63, 3.8) is 0 Å². The third-order valence-electron chi connectivity index (χ3n) is 5.62. The van der Waals surface area contributed by atoms with Gasteiger partial charge in [0.25, 0.3) is 5.91 Å². The minimum absolute atomic E-state index is 0.134. The average Bonchev–Trinajstić information content (AvgIpc) is 3.19. The molecule has 10 heteroatoms. The molecule has 0 spiro atoms. The van der Waals surface area contributed by atoms with E-state index >= 15 is 0 Å². The monoisotopic (exact) mass is 451 g/mol. The van der Waals surface area contributed by atoms with Crippen LogP contribution in [0.5, 0.6) is 0 Å². The number of nitrogens with one attached hydrogen (secondary N) is 1. The molecule has 1 aliphatic rings. The van der Waals surface area contributed by atoms with Crippen LogP contribution in [0.4, 0.5) is 18.9 Å². The van der Waals surface area contributed by atoms with E-state index in [9.17, 15) is 18.0 Å². The van der Waals surface area contributed by atoms with Crippen LogP contribution in [-0.2, 0) is 6.18 Å². The third kappa shape index (κ3) is 4.38. The highest BCUT2D eigenvalue weighted by Gasteiger charge is 2.30. The Labute approximate surface area is 182 Å². The molecule has 0 saturated carbocycles. The molecule has 4 rings (SSSR count). The molecule has 0 atom stereocenters. The molecule has 1 fully saturated rings. The smallest absolute Gasteiger partial charge is 0.322 e. The number of carbonyl (C=O) groups excluding carboxylic acids is 1. The molecule has 1 aromatic carbocycles. The topological polar surface area (TPSA) is 63.1 Å². The van der Waals surface area contributed by atoms with Gasteiger partial charge in [0.2, 0.25) is 0 Å². The molecule has 1 aliphatic heterocycles. The quantitative estimate of drug-likeness (QED) is 0.605. The highest BCUT2D eigenvalue weighted by molar-refractivity contribution is 6.38. The number of amides is 1. The maximum Gasteiger partial charge on any atom is 0.416 e. The Morgan fingerprint density at radius 1 is 1.19 bits per heavy atom. The second-order valence-corrected chi connectivity index (χ2v) is 7.88. The molecule has 6 nitrogen and oxygen atoms in total. The van der Waals surface area contributed by atoms with Gasteiger partial charge in [-0.15, -0.1) is 0 Å². The maximum absolute atomic E-state index is 12.7. The van der Waals surface area contributed by atoms with Crippen LogP contribution in [0.3, 0.4) is 0 Å². The number of hydrogen-bond donors (Lipinski definition) is 1. The van der Waals surface area contributed by atoms with Gasteiger partial charge in [0.05, 0.1) is 33.8 Å². The van der Waals surface area contributed by atoms with Crippen LogP contribution >= 0.6 is 11.6 Å². The van der Waals surface area contributed by atoms with Crippen LogP contribution in [0.25, 0.3) is 11.0 Å². The summed E-state index contributed by atoms with van der Waals surface area (Å²) in [6, 6.07) is 4.43. The van der Waals surface area contributed by atoms with Gasteiger partial charge < -0.3 is 10.2 Å². The molecular formula is C21H21ClF3N5O. The summed E-state index contributed by atoms with van der Waals surface area (Å²) in [5.74, 6) is -0.553. The van der Waals surface area contributed by atoms with Gasteiger partial charge in [-0.2, -0.15) is 18.3 Å². The summed E-state index contributed by atoms with van der Waals surface area (Å²) in [7, 11) is 0. The Bertz CT molecular complexity index is 1090. The SMILES string of the molecule is CCN1CCC(n2ncc3c(Cl)c(C(=O)Nc4ccc(C(F)(F)F)cc4)cnc32)CC1. The zero-order valence-corrected chi connectivity index (χ0v) is 17.5. The van der Waals surface area contributed by atoms with Crippen LogP contribution in [0.15, 0.2) is 36.7 Å². The number of rotatable bonds is 4. The Morgan fingerprint density at radius 3 is 2.48 bits per heavy atom. The largest absolute Gasteiger partial charge is 0.416 e. The minimum Gasteiger partial charge on any atom is -0.322 e. The zero-order valence-electron chi connectivity index (χ0n) is 16.8. The zero-order chi connectivity index (χ0) is 22.2. The Morgan fingerprint density at radius 2 is 1.87 bits per heavy atom.